The van der Waals surface area contributed by atoms with Crippen LogP contribution in [0.15, 0.2) is 36.4 Å². The summed E-state index contributed by atoms with van der Waals surface area (Å²) in [6.07, 6.45) is 67.8. The van der Waals surface area contributed by atoms with E-state index in [2.05, 4.69) is 55.4 Å². The highest BCUT2D eigenvalue weighted by Gasteiger charge is 2.36. The molecule has 2 aromatic carbocycles. The van der Waals surface area contributed by atoms with E-state index in [0.717, 1.165) is 101 Å². The molecule has 0 saturated heterocycles. The van der Waals surface area contributed by atoms with E-state index in [1.54, 1.807) is 6.07 Å². The van der Waals surface area contributed by atoms with Crippen molar-refractivity contribution in [3.8, 4) is 11.1 Å². The fourth-order valence-electron chi connectivity index (χ4n) is 13.7. The first-order chi connectivity index (χ1) is 46.8. The average molecular weight is 1340 g/mol. The molecule has 0 fully saturated rings. The number of unbranched alkanes of at least 4 members (excludes halogenated alkanes) is 48. The normalized spacial score (nSPS) is 11.7. The zero-order chi connectivity index (χ0) is 69.6. The van der Waals surface area contributed by atoms with Crippen molar-refractivity contribution in [2.24, 2.45) is 23.7 Å². The van der Waals surface area contributed by atoms with E-state index in [1.165, 1.54) is 257 Å². The fraction of sp³-hybridized carbons (Fsp3) is 0.818. The number of carbonyl (C=O) groups excluding carboxylic acids is 4. The zero-order valence-corrected chi connectivity index (χ0v) is 64.5. The minimum atomic E-state index is -0.832. The van der Waals surface area contributed by atoms with Gasteiger partial charge in [0.15, 0.2) is 0 Å². The molecule has 0 atom stereocenters. The van der Waals surface area contributed by atoms with Gasteiger partial charge in [-0.05, 0) is 66.5 Å². The number of rotatable bonds is 69. The molecule has 2 aromatic rings. The largest absolute Gasteiger partial charge is 0.462 e. The van der Waals surface area contributed by atoms with Crippen LogP contribution in [0.4, 0.5) is 0 Å². The van der Waals surface area contributed by atoms with Crippen molar-refractivity contribution in [1.29, 1.82) is 0 Å². The van der Waals surface area contributed by atoms with Gasteiger partial charge in [-0.15, -0.1) is 0 Å². The molecule has 0 heterocycles. The molecule has 0 saturated carbocycles. The van der Waals surface area contributed by atoms with Gasteiger partial charge < -0.3 is 18.9 Å². The molecule has 8 heteroatoms. The average Bonchev–Trinajstić information content (AvgIpc) is 0.754. The molecule has 0 unspecified atom stereocenters. The van der Waals surface area contributed by atoms with Gasteiger partial charge in [-0.3, -0.25) is 0 Å². The number of carbonyl (C=O) groups is 4. The zero-order valence-electron chi connectivity index (χ0n) is 64.5. The molecule has 0 aliphatic heterocycles. The van der Waals surface area contributed by atoms with Crippen molar-refractivity contribution < 1.29 is 38.1 Å². The Morgan fingerprint density at radius 2 is 0.438 bits per heavy atom. The first kappa shape index (κ1) is 88.4. The summed E-state index contributed by atoms with van der Waals surface area (Å²) in [4.78, 5) is 59.5. The Balaban J connectivity index is 2.26. The molecule has 0 spiro atoms. The van der Waals surface area contributed by atoms with E-state index in [4.69, 9.17) is 18.9 Å². The molecule has 0 aliphatic rings. The second-order valence-electron chi connectivity index (χ2n) is 31.1. The van der Waals surface area contributed by atoms with Gasteiger partial charge in [0, 0.05) is 0 Å². The summed E-state index contributed by atoms with van der Waals surface area (Å²) >= 11 is 0. The van der Waals surface area contributed by atoms with Crippen LogP contribution in [0.5, 0.6) is 0 Å². The van der Waals surface area contributed by atoms with E-state index in [-0.39, 0.29) is 48.7 Å². The van der Waals surface area contributed by atoms with Crippen molar-refractivity contribution in [2.45, 2.75) is 415 Å². The molecule has 0 amide bonds. The maximum Gasteiger partial charge on any atom is 0.339 e. The molecule has 0 bridgehead atoms. The first-order valence-electron chi connectivity index (χ1n) is 41.8. The van der Waals surface area contributed by atoms with Crippen LogP contribution in [0.1, 0.15) is 456 Å². The maximum atomic E-state index is 15.0. The molecular formula is C88H154O8. The summed E-state index contributed by atoms with van der Waals surface area (Å²) in [5, 5.41) is 0. The lowest BCUT2D eigenvalue weighted by molar-refractivity contribution is 0.0415. The third kappa shape index (κ3) is 49.8. The van der Waals surface area contributed by atoms with E-state index in [0.29, 0.717) is 36.8 Å². The lowest BCUT2D eigenvalue weighted by atomic mass is 9.88. The van der Waals surface area contributed by atoms with E-state index in [9.17, 15) is 14.4 Å². The molecular weight excluding hydrogens is 1180 g/mol. The molecule has 0 aliphatic carbocycles. The Labute approximate surface area is 593 Å². The Kier molecular flexibility index (Phi) is 58.5. The molecule has 0 aromatic heterocycles. The number of hydrogen-bond donors (Lipinski definition) is 0. The van der Waals surface area contributed by atoms with Crippen molar-refractivity contribution >= 4 is 23.9 Å². The highest BCUT2D eigenvalue weighted by atomic mass is 16.5. The summed E-state index contributed by atoms with van der Waals surface area (Å²) in [7, 11) is 0. The fourth-order valence-corrected chi connectivity index (χ4v) is 13.7. The minimum absolute atomic E-state index is 0.0740. The van der Waals surface area contributed by atoms with Crippen LogP contribution < -0.4 is 0 Å². The lowest BCUT2D eigenvalue weighted by Crippen LogP contribution is -2.25. The number of ether oxygens (including phenoxy) is 4. The van der Waals surface area contributed by atoms with Crippen LogP contribution in [0.25, 0.3) is 11.1 Å². The van der Waals surface area contributed by atoms with Crippen LogP contribution in [0.3, 0.4) is 0 Å². The Bertz CT molecular complexity index is 2130. The molecule has 0 radical (unpaired) electrons. The molecule has 8 nitrogen and oxygen atoms in total. The minimum Gasteiger partial charge on any atom is -0.462 e. The van der Waals surface area contributed by atoms with Gasteiger partial charge in [-0.25, -0.2) is 19.2 Å². The van der Waals surface area contributed by atoms with Gasteiger partial charge in [0.2, 0.25) is 0 Å². The van der Waals surface area contributed by atoms with Gasteiger partial charge in [-0.1, -0.05) is 420 Å². The SMILES string of the molecule is CC(C)CCCCCCCCCCCCCCCOC(=O)c1cc(-c2ccccc2)c(C(=O)OCCCCCCCCCCCCCCCC(C)C)c(C(=O)OCCCCCCCCCCCCCCCC(C)C)c1C(=O)OCCCCCCCCCCCCCCCC(C)C. The summed E-state index contributed by atoms with van der Waals surface area (Å²) in [5.74, 6) is 0.121. The second kappa shape index (κ2) is 63.5. The maximum absolute atomic E-state index is 15.0. The summed E-state index contributed by atoms with van der Waals surface area (Å²) in [6, 6.07) is 10.9. The van der Waals surface area contributed by atoms with Crippen LogP contribution >= 0.6 is 0 Å². The molecule has 96 heavy (non-hydrogen) atoms. The van der Waals surface area contributed by atoms with Crippen molar-refractivity contribution in [3.05, 3.63) is 58.7 Å². The topological polar surface area (TPSA) is 105 Å². The Morgan fingerprint density at radius 1 is 0.240 bits per heavy atom. The van der Waals surface area contributed by atoms with E-state index in [1.807, 2.05) is 30.3 Å². The summed E-state index contributed by atoms with van der Waals surface area (Å²) in [6.45, 7) is 19.1. The standard InChI is InChI=1S/C88H154O8/c1-75(2)64-54-45-37-29-21-13-9-17-25-33-41-49-60-70-93-85(89)81-74-80(79-68-58-53-59-69-79)82(86(90)94-71-61-50-42-34-26-18-10-14-22-30-38-46-55-65-76(3)4)84(88(92)96-73-63-52-44-36-28-20-12-16-24-32-40-48-57-67-78(7)8)83(81)87(91)95-72-62-51-43-35-27-19-11-15-23-31-39-47-56-66-77(5)6/h53,58-59,68-69,74-78H,9-52,54-57,60-67,70-73H2,1-8H3. The number of hydrogen-bond acceptors (Lipinski definition) is 8. The third-order valence-electron chi connectivity index (χ3n) is 19.9. The molecule has 0 N–H and O–H groups in total. The van der Waals surface area contributed by atoms with Crippen LogP contribution in [0, 0.1) is 23.7 Å². The van der Waals surface area contributed by atoms with Gasteiger partial charge in [0.1, 0.15) is 0 Å². The Hall–Kier alpha value is -3.68. The van der Waals surface area contributed by atoms with Crippen molar-refractivity contribution in [1.82, 2.24) is 0 Å². The third-order valence-corrected chi connectivity index (χ3v) is 19.9. The molecule has 554 valence electrons. The van der Waals surface area contributed by atoms with E-state index >= 15 is 4.79 Å². The first-order valence-corrected chi connectivity index (χ1v) is 41.8. The number of benzene rings is 2. The van der Waals surface area contributed by atoms with Gasteiger partial charge >= 0.3 is 23.9 Å². The summed E-state index contributed by atoms with van der Waals surface area (Å²) < 4.78 is 24.4. The quantitative estimate of drug-likeness (QED) is 0.0366. The van der Waals surface area contributed by atoms with Crippen LogP contribution in [0.2, 0.25) is 0 Å². The predicted octanol–water partition coefficient (Wildman–Crippen LogP) is 28.5. The van der Waals surface area contributed by atoms with E-state index < -0.39 is 23.9 Å². The summed E-state index contributed by atoms with van der Waals surface area (Å²) in [5.41, 5.74) is 0.218. The smallest absolute Gasteiger partial charge is 0.339 e. The Morgan fingerprint density at radius 3 is 0.677 bits per heavy atom. The number of esters is 4. The van der Waals surface area contributed by atoms with Crippen molar-refractivity contribution in [3.63, 3.8) is 0 Å². The monoisotopic (exact) mass is 1340 g/mol. The van der Waals surface area contributed by atoms with Crippen molar-refractivity contribution in [2.75, 3.05) is 26.4 Å². The van der Waals surface area contributed by atoms with Gasteiger partial charge in [0.05, 0.1) is 48.7 Å². The highest BCUT2D eigenvalue weighted by Crippen LogP contribution is 2.35. The second-order valence-corrected chi connectivity index (χ2v) is 31.1. The highest BCUT2D eigenvalue weighted by molar-refractivity contribution is 6.18. The van der Waals surface area contributed by atoms with Crippen LogP contribution in [-0.4, -0.2) is 50.3 Å². The predicted molar refractivity (Wildman–Crippen MR) is 411 cm³/mol. The van der Waals surface area contributed by atoms with Crippen LogP contribution in [-0.2, 0) is 18.9 Å². The molecule has 2 rings (SSSR count). The lowest BCUT2D eigenvalue weighted by Gasteiger charge is -2.20. The van der Waals surface area contributed by atoms with Gasteiger partial charge in [-0.2, -0.15) is 0 Å². The van der Waals surface area contributed by atoms with Gasteiger partial charge in [0.25, 0.3) is 0 Å².